The third kappa shape index (κ3) is 4.36. The molecule has 0 saturated heterocycles. The van der Waals surface area contributed by atoms with Gasteiger partial charge in [-0.1, -0.05) is 29.8 Å². The van der Waals surface area contributed by atoms with Crippen molar-refractivity contribution in [3.8, 4) is 0 Å². The number of hydrogen-bond acceptors (Lipinski definition) is 3. The Hall–Kier alpha value is -2.27. The second kappa shape index (κ2) is 7.33. The molecule has 2 N–H and O–H groups in total. The summed E-state index contributed by atoms with van der Waals surface area (Å²) in [6, 6.07) is 10.7. The van der Waals surface area contributed by atoms with Gasteiger partial charge in [-0.05, 0) is 37.6 Å². The Morgan fingerprint density at radius 1 is 1.04 bits per heavy atom. The highest BCUT2D eigenvalue weighted by molar-refractivity contribution is 6.31. The van der Waals surface area contributed by atoms with Crippen molar-refractivity contribution < 1.29 is 14.0 Å². The number of halogens is 1. The number of carbonyl (C=O) groups excluding carboxylic acids is 2. The standard InChI is InChI=1S/C17H19ClN2O3/c1-17(2,16(22)20-11-13-7-5-9-23-13)15(21)19-10-12-6-3-4-8-14(12)18/h3-9H,10-11H2,1-2H3,(H,19,21)(H,20,22). The number of hydrogen-bond donors (Lipinski definition) is 2. The monoisotopic (exact) mass is 334 g/mol. The maximum absolute atomic E-state index is 12.3. The lowest BCUT2D eigenvalue weighted by atomic mass is 9.91. The molecule has 2 amide bonds. The van der Waals surface area contributed by atoms with Gasteiger partial charge in [0.1, 0.15) is 11.2 Å². The Bertz CT molecular complexity index is 681. The molecular formula is C17H19ClN2O3. The molecule has 1 aromatic heterocycles. The maximum Gasteiger partial charge on any atom is 0.235 e. The van der Waals surface area contributed by atoms with Gasteiger partial charge in [-0.25, -0.2) is 0 Å². The Morgan fingerprint density at radius 2 is 1.70 bits per heavy atom. The lowest BCUT2D eigenvalue weighted by molar-refractivity contribution is -0.141. The molecule has 1 heterocycles. The zero-order chi connectivity index (χ0) is 16.9. The summed E-state index contributed by atoms with van der Waals surface area (Å²) in [4.78, 5) is 24.6. The number of amides is 2. The van der Waals surface area contributed by atoms with Crippen molar-refractivity contribution in [3.63, 3.8) is 0 Å². The molecule has 2 rings (SSSR count). The van der Waals surface area contributed by atoms with E-state index in [-0.39, 0.29) is 24.9 Å². The fourth-order valence-corrected chi connectivity index (χ4v) is 2.15. The van der Waals surface area contributed by atoms with Crippen LogP contribution >= 0.6 is 11.6 Å². The van der Waals surface area contributed by atoms with Crippen molar-refractivity contribution in [3.05, 3.63) is 59.0 Å². The van der Waals surface area contributed by atoms with Crippen molar-refractivity contribution in [1.29, 1.82) is 0 Å². The van der Waals surface area contributed by atoms with Crippen molar-refractivity contribution in [2.24, 2.45) is 5.41 Å². The molecule has 0 aliphatic carbocycles. The van der Waals surface area contributed by atoms with Crippen molar-refractivity contribution in [2.45, 2.75) is 26.9 Å². The summed E-state index contributed by atoms with van der Waals surface area (Å²) in [5, 5.41) is 6.02. The third-order valence-electron chi connectivity index (χ3n) is 3.54. The molecule has 1 aromatic carbocycles. The van der Waals surface area contributed by atoms with Crippen LogP contribution in [-0.4, -0.2) is 11.8 Å². The summed E-state index contributed by atoms with van der Waals surface area (Å²) in [6.07, 6.45) is 1.53. The van der Waals surface area contributed by atoms with Crippen LogP contribution in [0.1, 0.15) is 25.2 Å². The Morgan fingerprint density at radius 3 is 2.30 bits per heavy atom. The number of nitrogens with one attached hydrogen (secondary N) is 2. The Kier molecular flexibility index (Phi) is 5.45. The maximum atomic E-state index is 12.3. The summed E-state index contributed by atoms with van der Waals surface area (Å²) < 4.78 is 5.15. The van der Waals surface area contributed by atoms with Gasteiger partial charge >= 0.3 is 0 Å². The summed E-state index contributed by atoms with van der Waals surface area (Å²) in [5.74, 6) is -0.106. The van der Waals surface area contributed by atoms with Crippen molar-refractivity contribution in [2.75, 3.05) is 0 Å². The lowest BCUT2D eigenvalue weighted by Gasteiger charge is -2.22. The highest BCUT2D eigenvalue weighted by Crippen LogP contribution is 2.18. The summed E-state index contributed by atoms with van der Waals surface area (Å²) >= 11 is 6.05. The predicted octanol–water partition coefficient (Wildman–Crippen LogP) is 2.89. The van der Waals surface area contributed by atoms with Gasteiger partial charge in [-0.15, -0.1) is 0 Å². The van der Waals surface area contributed by atoms with Gasteiger partial charge in [0.15, 0.2) is 0 Å². The van der Waals surface area contributed by atoms with Gasteiger partial charge in [0.2, 0.25) is 11.8 Å². The number of rotatable bonds is 6. The second-order valence-corrected chi connectivity index (χ2v) is 6.07. The van der Waals surface area contributed by atoms with Gasteiger partial charge < -0.3 is 15.1 Å². The van der Waals surface area contributed by atoms with Crippen LogP contribution in [0.2, 0.25) is 5.02 Å². The van der Waals surface area contributed by atoms with E-state index < -0.39 is 5.41 Å². The molecule has 23 heavy (non-hydrogen) atoms. The van der Waals surface area contributed by atoms with Crippen molar-refractivity contribution in [1.82, 2.24) is 10.6 Å². The zero-order valence-electron chi connectivity index (χ0n) is 13.1. The second-order valence-electron chi connectivity index (χ2n) is 5.66. The van der Waals surface area contributed by atoms with Gasteiger partial charge in [0.25, 0.3) is 0 Å². The summed E-state index contributed by atoms with van der Waals surface area (Å²) in [6.45, 7) is 3.67. The van der Waals surface area contributed by atoms with E-state index in [1.54, 1.807) is 32.0 Å². The van der Waals surface area contributed by atoms with Gasteiger partial charge in [0.05, 0.1) is 12.8 Å². The van der Waals surface area contributed by atoms with E-state index in [4.69, 9.17) is 16.0 Å². The summed E-state index contributed by atoms with van der Waals surface area (Å²) in [5.41, 5.74) is -0.400. The molecule has 0 radical (unpaired) electrons. The Labute approximate surface area is 140 Å². The minimum atomic E-state index is -1.20. The highest BCUT2D eigenvalue weighted by atomic mass is 35.5. The average Bonchev–Trinajstić information content (AvgIpc) is 3.04. The fraction of sp³-hybridized carbons (Fsp3) is 0.294. The minimum Gasteiger partial charge on any atom is -0.467 e. The first-order valence-electron chi connectivity index (χ1n) is 7.23. The number of benzene rings is 1. The average molecular weight is 335 g/mol. The SMILES string of the molecule is CC(C)(C(=O)NCc1ccco1)C(=O)NCc1ccccc1Cl. The molecule has 0 spiro atoms. The molecule has 0 aliphatic rings. The molecule has 5 nitrogen and oxygen atoms in total. The number of furan rings is 1. The van der Waals surface area contributed by atoms with Crippen LogP contribution in [0.5, 0.6) is 0 Å². The lowest BCUT2D eigenvalue weighted by Crippen LogP contribution is -2.47. The molecule has 0 unspecified atom stereocenters. The zero-order valence-corrected chi connectivity index (χ0v) is 13.8. The van der Waals surface area contributed by atoms with Gasteiger partial charge in [-0.2, -0.15) is 0 Å². The van der Waals surface area contributed by atoms with Crippen LogP contribution in [-0.2, 0) is 22.7 Å². The largest absolute Gasteiger partial charge is 0.467 e. The molecule has 0 aliphatic heterocycles. The van der Waals surface area contributed by atoms with E-state index >= 15 is 0 Å². The molecule has 0 bridgehead atoms. The predicted molar refractivity (Wildman–Crippen MR) is 87.6 cm³/mol. The molecule has 0 saturated carbocycles. The van der Waals surface area contributed by atoms with E-state index in [0.717, 1.165) is 5.56 Å². The van der Waals surface area contributed by atoms with Crippen LogP contribution in [0.4, 0.5) is 0 Å². The molecule has 0 atom stereocenters. The fourth-order valence-electron chi connectivity index (χ4n) is 1.94. The quantitative estimate of drug-likeness (QED) is 0.798. The van der Waals surface area contributed by atoms with Crippen LogP contribution in [0.25, 0.3) is 0 Å². The van der Waals surface area contributed by atoms with E-state index in [1.165, 1.54) is 6.26 Å². The minimum absolute atomic E-state index is 0.243. The number of carbonyl (C=O) groups is 2. The molecule has 6 heteroatoms. The molecule has 0 fully saturated rings. The van der Waals surface area contributed by atoms with Gasteiger partial charge in [-0.3, -0.25) is 9.59 Å². The topological polar surface area (TPSA) is 71.3 Å². The molecule has 2 aromatic rings. The van der Waals surface area contributed by atoms with Crippen LogP contribution in [0, 0.1) is 5.41 Å². The van der Waals surface area contributed by atoms with Crippen molar-refractivity contribution >= 4 is 23.4 Å². The van der Waals surface area contributed by atoms with E-state index in [2.05, 4.69) is 10.6 Å². The van der Waals surface area contributed by atoms with E-state index in [1.807, 2.05) is 18.2 Å². The smallest absolute Gasteiger partial charge is 0.235 e. The van der Waals surface area contributed by atoms with E-state index in [9.17, 15) is 9.59 Å². The van der Waals surface area contributed by atoms with Gasteiger partial charge in [0, 0.05) is 11.6 Å². The first-order valence-corrected chi connectivity index (χ1v) is 7.61. The van der Waals surface area contributed by atoms with Crippen LogP contribution in [0.15, 0.2) is 47.1 Å². The summed E-state index contributed by atoms with van der Waals surface area (Å²) in [7, 11) is 0. The first kappa shape index (κ1) is 17.1. The van der Waals surface area contributed by atoms with E-state index in [0.29, 0.717) is 10.8 Å². The normalized spacial score (nSPS) is 11.1. The first-order chi connectivity index (χ1) is 10.9. The Balaban J connectivity index is 1.91. The highest BCUT2D eigenvalue weighted by Gasteiger charge is 2.35. The molecule has 122 valence electrons. The molecular weight excluding hydrogens is 316 g/mol. The van der Waals surface area contributed by atoms with Crippen LogP contribution in [0.3, 0.4) is 0 Å². The third-order valence-corrected chi connectivity index (χ3v) is 3.90. The van der Waals surface area contributed by atoms with Crippen LogP contribution < -0.4 is 10.6 Å².